The predicted molar refractivity (Wildman–Crippen MR) is 63.5 cm³/mol. The maximum Gasteiger partial charge on any atom is 0.344 e. The Bertz CT molecular complexity index is 383. The van der Waals surface area contributed by atoms with Crippen LogP contribution in [0.15, 0.2) is 30.3 Å². The molecule has 0 aliphatic carbocycles. The van der Waals surface area contributed by atoms with Crippen LogP contribution in [0.2, 0.25) is 0 Å². The molecule has 16 heavy (non-hydrogen) atoms. The molecule has 0 aromatic heterocycles. The Morgan fingerprint density at radius 2 is 2.19 bits per heavy atom. The Morgan fingerprint density at radius 1 is 1.50 bits per heavy atom. The lowest BCUT2D eigenvalue weighted by atomic mass is 10.2. The third-order valence-corrected chi connectivity index (χ3v) is 2.18. The van der Waals surface area contributed by atoms with Crippen molar-refractivity contribution in [3.8, 4) is 5.75 Å². The fourth-order valence-corrected chi connectivity index (χ4v) is 1.37. The van der Waals surface area contributed by atoms with Crippen LogP contribution in [0.5, 0.6) is 5.75 Å². The summed E-state index contributed by atoms with van der Waals surface area (Å²) in [5.41, 5.74) is 0.893. The van der Waals surface area contributed by atoms with Crippen molar-refractivity contribution in [1.82, 2.24) is 0 Å². The first-order valence-corrected chi connectivity index (χ1v) is 5.30. The van der Waals surface area contributed by atoms with Gasteiger partial charge in [-0.2, -0.15) is 0 Å². The van der Waals surface area contributed by atoms with Crippen LogP contribution in [0.25, 0.3) is 6.08 Å². The zero-order valence-corrected chi connectivity index (χ0v) is 9.51. The van der Waals surface area contributed by atoms with Crippen LogP contribution in [0.4, 0.5) is 0 Å². The first kappa shape index (κ1) is 12.3. The van der Waals surface area contributed by atoms with Crippen molar-refractivity contribution in [3.05, 3.63) is 35.9 Å². The smallest absolute Gasteiger partial charge is 0.344 e. The zero-order valence-electron chi connectivity index (χ0n) is 9.51. The zero-order chi connectivity index (χ0) is 12.0. The third kappa shape index (κ3) is 3.12. The average Bonchev–Trinajstić information content (AvgIpc) is 2.27. The van der Waals surface area contributed by atoms with Crippen molar-refractivity contribution >= 4 is 12.0 Å². The number of ether oxygens (including phenoxy) is 1. The summed E-state index contributed by atoms with van der Waals surface area (Å²) in [5.74, 6) is -0.326. The fourth-order valence-electron chi connectivity index (χ4n) is 1.37. The van der Waals surface area contributed by atoms with Crippen LogP contribution in [-0.2, 0) is 4.79 Å². The topological polar surface area (TPSA) is 46.5 Å². The van der Waals surface area contributed by atoms with Gasteiger partial charge in [-0.25, -0.2) is 4.79 Å². The molecular formula is C13H16O3. The van der Waals surface area contributed by atoms with Crippen molar-refractivity contribution in [2.75, 3.05) is 0 Å². The molecule has 0 aliphatic rings. The van der Waals surface area contributed by atoms with E-state index in [-0.39, 0.29) is 0 Å². The number of aliphatic carboxylic acids is 1. The third-order valence-electron chi connectivity index (χ3n) is 2.18. The maximum atomic E-state index is 10.9. The van der Waals surface area contributed by atoms with E-state index in [2.05, 4.69) is 0 Å². The van der Waals surface area contributed by atoms with E-state index in [1.54, 1.807) is 13.0 Å². The highest BCUT2D eigenvalue weighted by Gasteiger charge is 2.17. The number of carboxylic acid groups (broad SMARTS) is 1. The van der Waals surface area contributed by atoms with Crippen LogP contribution in [-0.4, -0.2) is 17.2 Å². The molecule has 1 rings (SSSR count). The first-order chi connectivity index (χ1) is 7.69. The molecule has 86 valence electrons. The number of allylic oxidation sites excluding steroid dienone is 1. The molecular weight excluding hydrogens is 204 g/mol. The summed E-state index contributed by atoms with van der Waals surface area (Å²) < 4.78 is 5.46. The minimum Gasteiger partial charge on any atom is -0.479 e. The van der Waals surface area contributed by atoms with Crippen LogP contribution in [0, 0.1) is 0 Å². The minimum absolute atomic E-state index is 0.444. The summed E-state index contributed by atoms with van der Waals surface area (Å²) in [5, 5.41) is 8.91. The van der Waals surface area contributed by atoms with Gasteiger partial charge in [-0.1, -0.05) is 37.3 Å². The molecule has 0 fully saturated rings. The van der Waals surface area contributed by atoms with Gasteiger partial charge in [0.2, 0.25) is 0 Å². The number of para-hydroxylation sites is 1. The Kier molecular flexibility index (Phi) is 4.58. The van der Waals surface area contributed by atoms with Gasteiger partial charge in [0.05, 0.1) is 0 Å². The van der Waals surface area contributed by atoms with Gasteiger partial charge in [0.25, 0.3) is 0 Å². The summed E-state index contributed by atoms with van der Waals surface area (Å²) in [6.45, 7) is 3.70. The highest BCUT2D eigenvalue weighted by Crippen LogP contribution is 2.21. The van der Waals surface area contributed by atoms with Gasteiger partial charge in [-0.15, -0.1) is 0 Å². The molecule has 1 N–H and O–H groups in total. The number of carboxylic acids is 1. The molecule has 0 saturated carbocycles. The molecule has 1 aromatic rings. The largest absolute Gasteiger partial charge is 0.479 e. The summed E-state index contributed by atoms with van der Waals surface area (Å²) in [7, 11) is 0. The van der Waals surface area contributed by atoms with Gasteiger partial charge in [0, 0.05) is 5.56 Å². The predicted octanol–water partition coefficient (Wildman–Crippen LogP) is 2.96. The number of hydrogen-bond donors (Lipinski definition) is 1. The van der Waals surface area contributed by atoms with Crippen LogP contribution >= 0.6 is 0 Å². The van der Waals surface area contributed by atoms with Gasteiger partial charge in [0.1, 0.15) is 5.75 Å². The summed E-state index contributed by atoms with van der Waals surface area (Å²) in [4.78, 5) is 10.9. The van der Waals surface area contributed by atoms with Crippen LogP contribution in [0.1, 0.15) is 25.8 Å². The van der Waals surface area contributed by atoms with Crippen molar-refractivity contribution in [3.63, 3.8) is 0 Å². The SMILES string of the molecule is C/C=C/c1ccccc1OC(CC)C(=O)O. The molecule has 0 aliphatic heterocycles. The molecule has 0 amide bonds. The quantitative estimate of drug-likeness (QED) is 0.829. The first-order valence-electron chi connectivity index (χ1n) is 5.30. The van der Waals surface area contributed by atoms with Crippen molar-refractivity contribution < 1.29 is 14.6 Å². The minimum atomic E-state index is -0.933. The normalized spacial score (nSPS) is 12.6. The monoisotopic (exact) mass is 220 g/mol. The molecule has 0 spiro atoms. The second kappa shape index (κ2) is 5.95. The van der Waals surface area contributed by atoms with E-state index >= 15 is 0 Å². The molecule has 0 radical (unpaired) electrons. The van der Waals surface area contributed by atoms with E-state index < -0.39 is 12.1 Å². The molecule has 3 nitrogen and oxygen atoms in total. The van der Waals surface area contributed by atoms with E-state index in [1.807, 2.05) is 37.3 Å². The average molecular weight is 220 g/mol. The second-order valence-corrected chi connectivity index (χ2v) is 3.39. The molecule has 1 unspecified atom stereocenters. The summed E-state index contributed by atoms with van der Waals surface area (Å²) in [6.07, 6.45) is 3.44. The highest BCUT2D eigenvalue weighted by molar-refractivity contribution is 5.73. The van der Waals surface area contributed by atoms with E-state index in [4.69, 9.17) is 9.84 Å². The Labute approximate surface area is 95.4 Å². The van der Waals surface area contributed by atoms with Gasteiger partial charge in [-0.3, -0.25) is 0 Å². The molecule has 0 saturated heterocycles. The van der Waals surface area contributed by atoms with E-state index in [0.717, 1.165) is 5.56 Å². The number of rotatable bonds is 5. The number of carbonyl (C=O) groups is 1. The standard InChI is InChI=1S/C13H16O3/c1-3-7-10-8-5-6-9-12(10)16-11(4-2)13(14)15/h3,5-9,11H,4H2,1-2H3,(H,14,15)/b7-3+. The molecule has 0 heterocycles. The van der Waals surface area contributed by atoms with Crippen molar-refractivity contribution in [2.45, 2.75) is 26.4 Å². The van der Waals surface area contributed by atoms with Crippen LogP contribution in [0.3, 0.4) is 0 Å². The second-order valence-electron chi connectivity index (χ2n) is 3.39. The van der Waals surface area contributed by atoms with E-state index in [1.165, 1.54) is 0 Å². The fraction of sp³-hybridized carbons (Fsp3) is 0.308. The van der Waals surface area contributed by atoms with Crippen molar-refractivity contribution in [1.29, 1.82) is 0 Å². The van der Waals surface area contributed by atoms with Crippen LogP contribution < -0.4 is 4.74 Å². The van der Waals surface area contributed by atoms with Gasteiger partial charge >= 0.3 is 5.97 Å². The van der Waals surface area contributed by atoms with Crippen molar-refractivity contribution in [2.24, 2.45) is 0 Å². The molecule has 0 bridgehead atoms. The van der Waals surface area contributed by atoms with E-state index in [9.17, 15) is 4.79 Å². The number of benzene rings is 1. The summed E-state index contributed by atoms with van der Waals surface area (Å²) >= 11 is 0. The lowest BCUT2D eigenvalue weighted by Gasteiger charge is -2.14. The Balaban J connectivity index is 2.91. The molecule has 3 heteroatoms. The van der Waals surface area contributed by atoms with E-state index in [0.29, 0.717) is 12.2 Å². The highest BCUT2D eigenvalue weighted by atomic mass is 16.5. The number of hydrogen-bond acceptors (Lipinski definition) is 2. The summed E-state index contributed by atoms with van der Waals surface area (Å²) in [6, 6.07) is 7.39. The lowest BCUT2D eigenvalue weighted by molar-refractivity contribution is -0.145. The van der Waals surface area contributed by atoms with Gasteiger partial charge in [0.15, 0.2) is 6.10 Å². The Morgan fingerprint density at radius 3 is 2.75 bits per heavy atom. The molecule has 1 atom stereocenters. The maximum absolute atomic E-state index is 10.9. The Hall–Kier alpha value is -1.77. The van der Waals surface area contributed by atoms with Gasteiger partial charge < -0.3 is 9.84 Å². The van der Waals surface area contributed by atoms with Gasteiger partial charge in [-0.05, 0) is 19.4 Å². The lowest BCUT2D eigenvalue weighted by Crippen LogP contribution is -2.26. The molecule has 1 aromatic carbocycles.